The molecule has 2 unspecified atom stereocenters. The minimum Gasteiger partial charge on any atom is -0.393 e. The van der Waals surface area contributed by atoms with Gasteiger partial charge in [0.05, 0.1) is 30.4 Å². The van der Waals surface area contributed by atoms with Gasteiger partial charge < -0.3 is 20.3 Å². The fourth-order valence-electron chi connectivity index (χ4n) is 4.59. The molecule has 1 aromatic carbocycles. The number of fused-ring (bicyclic) bond motifs is 3. The highest BCUT2D eigenvalue weighted by Gasteiger charge is 2.33. The van der Waals surface area contributed by atoms with E-state index in [1.807, 2.05) is 12.5 Å². The molecule has 3 N–H and O–H groups in total. The lowest BCUT2D eigenvalue weighted by molar-refractivity contribution is 0.0755. The third-order valence-corrected chi connectivity index (χ3v) is 6.09. The molecule has 1 saturated heterocycles. The van der Waals surface area contributed by atoms with Crippen LogP contribution in [0.3, 0.4) is 0 Å². The van der Waals surface area contributed by atoms with E-state index in [1.165, 1.54) is 11.1 Å². The highest BCUT2D eigenvalue weighted by Crippen LogP contribution is 2.42. The first kappa shape index (κ1) is 17.2. The van der Waals surface area contributed by atoms with E-state index in [1.54, 1.807) is 12.3 Å². The van der Waals surface area contributed by atoms with Crippen LogP contribution in [0.5, 0.6) is 0 Å². The fourth-order valence-corrected chi connectivity index (χ4v) is 4.59. The van der Waals surface area contributed by atoms with Gasteiger partial charge >= 0.3 is 0 Å². The van der Waals surface area contributed by atoms with E-state index < -0.39 is 0 Å². The zero-order chi connectivity index (χ0) is 19.1. The second kappa shape index (κ2) is 6.91. The maximum Gasteiger partial charge on any atom is 0.227 e. The molecular formula is C21H24N6O. The molecule has 144 valence electrons. The number of nitrogen functional groups attached to an aromatic ring is 1. The van der Waals surface area contributed by atoms with Gasteiger partial charge in [-0.3, -0.25) is 0 Å². The van der Waals surface area contributed by atoms with Crippen molar-refractivity contribution in [1.82, 2.24) is 19.5 Å². The summed E-state index contributed by atoms with van der Waals surface area (Å²) in [5, 5.41) is 11.0. The average molecular weight is 376 g/mol. The lowest BCUT2D eigenvalue weighted by atomic mass is 9.86. The number of nitrogens with zero attached hydrogens (tertiary/aromatic N) is 5. The van der Waals surface area contributed by atoms with E-state index in [4.69, 9.17) is 5.73 Å². The molecule has 3 aromatic rings. The predicted octanol–water partition coefficient (Wildman–Crippen LogP) is 2.49. The van der Waals surface area contributed by atoms with Crippen LogP contribution >= 0.6 is 0 Å². The van der Waals surface area contributed by atoms with E-state index >= 15 is 0 Å². The predicted molar refractivity (Wildman–Crippen MR) is 108 cm³/mol. The summed E-state index contributed by atoms with van der Waals surface area (Å²) in [7, 11) is 0. The maximum absolute atomic E-state index is 11.0. The second-order valence-corrected chi connectivity index (χ2v) is 7.70. The highest BCUT2D eigenvalue weighted by atomic mass is 16.3. The van der Waals surface area contributed by atoms with E-state index in [2.05, 4.69) is 48.7 Å². The number of hydrogen-bond acceptors (Lipinski definition) is 6. The number of imidazole rings is 1. The highest BCUT2D eigenvalue weighted by molar-refractivity contribution is 5.68. The van der Waals surface area contributed by atoms with Crippen LogP contribution in [0.4, 0.5) is 11.8 Å². The van der Waals surface area contributed by atoms with Crippen molar-refractivity contribution in [3.8, 4) is 11.3 Å². The molecule has 1 fully saturated rings. The Labute approximate surface area is 163 Å². The lowest BCUT2D eigenvalue weighted by Crippen LogP contribution is -2.39. The lowest BCUT2D eigenvalue weighted by Gasteiger charge is -2.35. The molecule has 7 nitrogen and oxygen atoms in total. The van der Waals surface area contributed by atoms with Crippen LogP contribution in [0.15, 0.2) is 49.1 Å². The SMILES string of the molecule is Nc1ccnc(N2CCC(C(O)CC3c4ccccc4-c4cncn43)CC2)n1. The van der Waals surface area contributed by atoms with Crippen LogP contribution in [0.2, 0.25) is 0 Å². The fraction of sp³-hybridized carbons (Fsp3) is 0.381. The van der Waals surface area contributed by atoms with E-state index in [9.17, 15) is 5.11 Å². The molecule has 0 aliphatic carbocycles. The zero-order valence-corrected chi connectivity index (χ0v) is 15.6. The van der Waals surface area contributed by atoms with Gasteiger partial charge in [-0.2, -0.15) is 4.98 Å². The van der Waals surface area contributed by atoms with Gasteiger partial charge in [-0.25, -0.2) is 9.97 Å². The Morgan fingerprint density at radius 3 is 2.82 bits per heavy atom. The molecule has 2 aliphatic rings. The summed E-state index contributed by atoms with van der Waals surface area (Å²) in [5.41, 5.74) is 9.43. The maximum atomic E-state index is 11.0. The molecule has 0 radical (unpaired) electrons. The molecule has 5 rings (SSSR count). The molecule has 7 heteroatoms. The normalized spacial score (nSPS) is 20.0. The van der Waals surface area contributed by atoms with Crippen LogP contribution in [-0.4, -0.2) is 43.8 Å². The summed E-state index contributed by atoms with van der Waals surface area (Å²) < 4.78 is 2.20. The molecule has 2 aromatic heterocycles. The van der Waals surface area contributed by atoms with Crippen LogP contribution in [0.1, 0.15) is 30.9 Å². The van der Waals surface area contributed by atoms with Crippen LogP contribution < -0.4 is 10.6 Å². The van der Waals surface area contributed by atoms with Crippen molar-refractivity contribution in [1.29, 1.82) is 0 Å². The van der Waals surface area contributed by atoms with Crippen molar-refractivity contribution >= 4 is 11.8 Å². The number of piperidine rings is 1. The minimum absolute atomic E-state index is 0.152. The Hall–Kier alpha value is -2.93. The van der Waals surface area contributed by atoms with Crippen molar-refractivity contribution in [3.63, 3.8) is 0 Å². The van der Waals surface area contributed by atoms with Gasteiger partial charge in [0.25, 0.3) is 0 Å². The Morgan fingerprint density at radius 2 is 2.00 bits per heavy atom. The second-order valence-electron chi connectivity index (χ2n) is 7.70. The third kappa shape index (κ3) is 2.92. The van der Waals surface area contributed by atoms with Crippen molar-refractivity contribution < 1.29 is 5.11 Å². The van der Waals surface area contributed by atoms with Crippen molar-refractivity contribution in [2.45, 2.75) is 31.4 Å². The minimum atomic E-state index is -0.352. The van der Waals surface area contributed by atoms with Gasteiger partial charge in [0, 0.05) is 24.8 Å². The summed E-state index contributed by atoms with van der Waals surface area (Å²) in [6.07, 6.45) is 7.69. The van der Waals surface area contributed by atoms with Gasteiger partial charge in [-0.1, -0.05) is 24.3 Å². The van der Waals surface area contributed by atoms with Gasteiger partial charge in [-0.15, -0.1) is 0 Å². The summed E-state index contributed by atoms with van der Waals surface area (Å²) in [6.45, 7) is 1.67. The first-order valence-corrected chi connectivity index (χ1v) is 9.83. The van der Waals surface area contributed by atoms with Gasteiger partial charge in [0.2, 0.25) is 5.95 Å². The van der Waals surface area contributed by atoms with Gasteiger partial charge in [-0.05, 0) is 36.8 Å². The quantitative estimate of drug-likeness (QED) is 0.727. The molecule has 4 heterocycles. The van der Waals surface area contributed by atoms with Crippen molar-refractivity contribution in [3.05, 3.63) is 54.6 Å². The van der Waals surface area contributed by atoms with Crippen LogP contribution in [0, 0.1) is 5.92 Å². The molecular weight excluding hydrogens is 352 g/mol. The topological polar surface area (TPSA) is 93.1 Å². The number of aliphatic hydroxyl groups excluding tert-OH is 1. The van der Waals surface area contributed by atoms with Crippen LogP contribution in [0.25, 0.3) is 11.3 Å². The average Bonchev–Trinajstić information content (AvgIpc) is 3.31. The number of aromatic nitrogens is 4. The molecule has 0 spiro atoms. The van der Waals surface area contributed by atoms with Crippen LogP contribution in [-0.2, 0) is 0 Å². The molecule has 0 amide bonds. The van der Waals surface area contributed by atoms with Crippen molar-refractivity contribution in [2.24, 2.45) is 5.92 Å². The summed E-state index contributed by atoms with van der Waals surface area (Å²) in [6, 6.07) is 10.3. The number of nitrogens with two attached hydrogens (primary N) is 1. The number of rotatable bonds is 4. The summed E-state index contributed by atoms with van der Waals surface area (Å²) in [4.78, 5) is 15.1. The number of anilines is 2. The standard InChI is InChI=1S/C21H24N6O/c22-20-5-8-24-21(25-20)26-9-6-14(7-10-26)19(28)11-17-15-3-1-2-4-16(15)18-12-23-13-27(17)18/h1-5,8,12-14,17,19,28H,6-7,9-11H2,(H2,22,24,25). The zero-order valence-electron chi connectivity index (χ0n) is 15.6. The number of benzene rings is 1. The first-order chi connectivity index (χ1) is 13.7. The molecule has 0 bridgehead atoms. The monoisotopic (exact) mass is 376 g/mol. The van der Waals surface area contributed by atoms with Gasteiger partial charge in [0.15, 0.2) is 0 Å². The Bertz CT molecular complexity index is 978. The van der Waals surface area contributed by atoms with E-state index in [0.29, 0.717) is 18.2 Å². The Morgan fingerprint density at radius 1 is 1.18 bits per heavy atom. The number of hydrogen-bond donors (Lipinski definition) is 2. The summed E-state index contributed by atoms with van der Waals surface area (Å²) in [5.74, 6) is 1.45. The number of aliphatic hydroxyl groups is 1. The summed E-state index contributed by atoms with van der Waals surface area (Å²) >= 11 is 0. The Kier molecular flexibility index (Phi) is 4.24. The smallest absolute Gasteiger partial charge is 0.227 e. The van der Waals surface area contributed by atoms with Crippen molar-refractivity contribution in [2.75, 3.05) is 23.7 Å². The third-order valence-electron chi connectivity index (χ3n) is 6.09. The molecule has 28 heavy (non-hydrogen) atoms. The Balaban J connectivity index is 1.27. The van der Waals surface area contributed by atoms with E-state index in [-0.39, 0.29) is 18.1 Å². The molecule has 2 aliphatic heterocycles. The first-order valence-electron chi connectivity index (χ1n) is 9.83. The molecule has 2 atom stereocenters. The molecule has 0 saturated carbocycles. The van der Waals surface area contributed by atoms with E-state index in [0.717, 1.165) is 31.6 Å². The largest absolute Gasteiger partial charge is 0.393 e. The van der Waals surface area contributed by atoms with Gasteiger partial charge in [0.1, 0.15) is 5.82 Å².